The minimum atomic E-state index is -0.217. The third kappa shape index (κ3) is 5.15. The zero-order valence-corrected chi connectivity index (χ0v) is 21.2. The highest BCUT2D eigenvalue weighted by Crippen LogP contribution is 2.37. The fourth-order valence-electron chi connectivity index (χ4n) is 4.38. The summed E-state index contributed by atoms with van der Waals surface area (Å²) in [5.74, 6) is 0.833. The van der Waals surface area contributed by atoms with Gasteiger partial charge in [-0.25, -0.2) is 4.98 Å². The standard InChI is InChI=1S/C26H26ClN5O2S/c1-17-29-23(31-34-17)19-4-3-5-20(14-19)24(33)28-16-26(10-12-32(2)13-11-26)22-15-35-25(30-22)18-6-8-21(27)9-7-18/h3-9,14-15H,10-13,16H2,1-2H3,(H,28,33). The highest BCUT2D eigenvalue weighted by Gasteiger charge is 2.38. The molecule has 2 aromatic heterocycles. The first kappa shape index (κ1) is 23.7. The molecule has 35 heavy (non-hydrogen) atoms. The Morgan fingerprint density at radius 3 is 2.63 bits per heavy atom. The van der Waals surface area contributed by atoms with Crippen LogP contribution < -0.4 is 5.32 Å². The molecular formula is C26H26ClN5O2S. The van der Waals surface area contributed by atoms with Gasteiger partial charge in [-0.2, -0.15) is 4.98 Å². The fourth-order valence-corrected chi connectivity index (χ4v) is 5.46. The van der Waals surface area contributed by atoms with Gasteiger partial charge in [0.15, 0.2) is 0 Å². The van der Waals surface area contributed by atoms with Crippen LogP contribution in [-0.2, 0) is 5.41 Å². The summed E-state index contributed by atoms with van der Waals surface area (Å²) >= 11 is 7.69. The molecule has 0 spiro atoms. The summed E-state index contributed by atoms with van der Waals surface area (Å²) in [5, 5.41) is 11.0. The summed E-state index contributed by atoms with van der Waals surface area (Å²) in [4.78, 5) is 24.8. The first-order valence-corrected chi connectivity index (χ1v) is 12.8. The lowest BCUT2D eigenvalue weighted by Gasteiger charge is -2.39. The average Bonchev–Trinajstić information content (AvgIpc) is 3.54. The molecule has 5 rings (SSSR count). The maximum absolute atomic E-state index is 13.2. The predicted molar refractivity (Wildman–Crippen MR) is 138 cm³/mol. The Labute approximate surface area is 213 Å². The molecule has 3 heterocycles. The maximum atomic E-state index is 13.2. The molecule has 1 aliphatic rings. The number of piperidine rings is 1. The predicted octanol–water partition coefficient (Wildman–Crippen LogP) is 5.22. The number of nitrogens with zero attached hydrogens (tertiary/aromatic N) is 4. The van der Waals surface area contributed by atoms with Crippen LogP contribution in [0, 0.1) is 6.92 Å². The van der Waals surface area contributed by atoms with Crippen molar-refractivity contribution < 1.29 is 9.32 Å². The van der Waals surface area contributed by atoms with Crippen molar-refractivity contribution in [3.63, 3.8) is 0 Å². The molecule has 1 amide bonds. The van der Waals surface area contributed by atoms with Crippen LogP contribution in [-0.4, -0.2) is 52.6 Å². The first-order chi connectivity index (χ1) is 16.9. The van der Waals surface area contributed by atoms with Crippen molar-refractivity contribution in [2.24, 2.45) is 0 Å². The quantitative estimate of drug-likeness (QED) is 0.385. The summed E-state index contributed by atoms with van der Waals surface area (Å²) in [6.45, 7) is 4.17. The molecule has 0 atom stereocenters. The van der Waals surface area contributed by atoms with Gasteiger partial charge in [-0.05, 0) is 57.2 Å². The Balaban J connectivity index is 1.36. The van der Waals surface area contributed by atoms with E-state index in [0.29, 0.717) is 28.8 Å². The Bertz CT molecular complexity index is 1330. The van der Waals surface area contributed by atoms with E-state index in [1.165, 1.54) is 0 Å². The average molecular weight is 508 g/mol. The van der Waals surface area contributed by atoms with Gasteiger partial charge >= 0.3 is 0 Å². The number of rotatable bonds is 6. The van der Waals surface area contributed by atoms with Crippen molar-refractivity contribution in [3.8, 4) is 22.0 Å². The van der Waals surface area contributed by atoms with Crippen molar-refractivity contribution in [1.82, 2.24) is 25.3 Å². The van der Waals surface area contributed by atoms with Gasteiger partial charge in [0.25, 0.3) is 5.91 Å². The second-order valence-corrected chi connectivity index (χ2v) is 10.3. The van der Waals surface area contributed by atoms with Crippen LogP contribution in [0.15, 0.2) is 58.4 Å². The molecule has 0 aliphatic carbocycles. The third-order valence-electron chi connectivity index (χ3n) is 6.58. The minimum absolute atomic E-state index is 0.126. The molecule has 0 bridgehead atoms. The molecule has 180 valence electrons. The van der Waals surface area contributed by atoms with Crippen LogP contribution in [0.2, 0.25) is 5.02 Å². The summed E-state index contributed by atoms with van der Waals surface area (Å²) < 4.78 is 5.08. The molecular weight excluding hydrogens is 482 g/mol. The van der Waals surface area contributed by atoms with Crippen molar-refractivity contribution in [2.75, 3.05) is 26.7 Å². The van der Waals surface area contributed by atoms with Gasteiger partial charge in [0, 0.05) is 46.0 Å². The second-order valence-electron chi connectivity index (χ2n) is 9.03. The Morgan fingerprint density at radius 2 is 1.91 bits per heavy atom. The number of hydrogen-bond donors (Lipinski definition) is 1. The molecule has 0 radical (unpaired) electrons. The lowest BCUT2D eigenvalue weighted by molar-refractivity contribution is 0.0927. The van der Waals surface area contributed by atoms with Crippen molar-refractivity contribution in [1.29, 1.82) is 0 Å². The number of thiazole rings is 1. The van der Waals surface area contributed by atoms with Gasteiger partial charge in [-0.1, -0.05) is 41.0 Å². The van der Waals surface area contributed by atoms with Gasteiger partial charge in [0.05, 0.1) is 5.69 Å². The van der Waals surface area contributed by atoms with E-state index in [1.54, 1.807) is 30.4 Å². The molecule has 4 aromatic rings. The Hall–Kier alpha value is -3.07. The molecule has 1 saturated heterocycles. The lowest BCUT2D eigenvalue weighted by Crippen LogP contribution is -2.48. The fraction of sp³-hybridized carbons (Fsp3) is 0.308. The van der Waals surface area contributed by atoms with E-state index >= 15 is 0 Å². The number of nitrogens with one attached hydrogen (secondary N) is 1. The summed E-state index contributed by atoms with van der Waals surface area (Å²) in [6.07, 6.45) is 1.85. The van der Waals surface area contributed by atoms with Crippen LogP contribution in [0.1, 0.15) is 34.8 Å². The van der Waals surface area contributed by atoms with E-state index in [1.807, 2.05) is 36.4 Å². The van der Waals surface area contributed by atoms with Crippen LogP contribution in [0.4, 0.5) is 0 Å². The van der Waals surface area contributed by atoms with E-state index in [4.69, 9.17) is 21.1 Å². The van der Waals surface area contributed by atoms with Crippen LogP contribution in [0.5, 0.6) is 0 Å². The van der Waals surface area contributed by atoms with Crippen molar-refractivity contribution >= 4 is 28.8 Å². The normalized spacial score (nSPS) is 15.7. The number of aryl methyl sites for hydroxylation is 1. The van der Waals surface area contributed by atoms with Gasteiger partial charge in [0.2, 0.25) is 11.7 Å². The molecule has 1 N–H and O–H groups in total. The molecule has 1 aliphatic heterocycles. The molecule has 2 aromatic carbocycles. The van der Waals surface area contributed by atoms with E-state index in [2.05, 4.69) is 32.8 Å². The first-order valence-electron chi connectivity index (χ1n) is 11.5. The zero-order chi connectivity index (χ0) is 24.4. The number of halogens is 1. The van der Waals surface area contributed by atoms with Crippen molar-refractivity contribution in [3.05, 3.63) is 76.1 Å². The van der Waals surface area contributed by atoms with Gasteiger partial charge < -0.3 is 14.7 Å². The number of amides is 1. The topological polar surface area (TPSA) is 84.2 Å². The maximum Gasteiger partial charge on any atom is 0.251 e. The largest absolute Gasteiger partial charge is 0.351 e. The summed E-state index contributed by atoms with van der Waals surface area (Å²) in [6, 6.07) is 15.0. The number of carbonyl (C=O) groups excluding carboxylic acids is 1. The second kappa shape index (κ2) is 9.89. The van der Waals surface area contributed by atoms with Gasteiger partial charge in [-0.15, -0.1) is 11.3 Å². The van der Waals surface area contributed by atoms with E-state index in [-0.39, 0.29) is 11.3 Å². The Morgan fingerprint density at radius 1 is 1.14 bits per heavy atom. The van der Waals surface area contributed by atoms with E-state index in [0.717, 1.165) is 47.8 Å². The highest BCUT2D eigenvalue weighted by molar-refractivity contribution is 7.13. The molecule has 7 nitrogen and oxygen atoms in total. The molecule has 1 fully saturated rings. The molecule has 0 saturated carbocycles. The molecule has 0 unspecified atom stereocenters. The third-order valence-corrected chi connectivity index (χ3v) is 7.72. The number of hydrogen-bond acceptors (Lipinski definition) is 7. The van der Waals surface area contributed by atoms with Crippen molar-refractivity contribution in [2.45, 2.75) is 25.2 Å². The summed E-state index contributed by atoms with van der Waals surface area (Å²) in [7, 11) is 2.13. The monoisotopic (exact) mass is 507 g/mol. The highest BCUT2D eigenvalue weighted by atomic mass is 35.5. The van der Waals surface area contributed by atoms with Gasteiger partial charge in [0.1, 0.15) is 5.01 Å². The minimum Gasteiger partial charge on any atom is -0.351 e. The van der Waals surface area contributed by atoms with Gasteiger partial charge in [-0.3, -0.25) is 4.79 Å². The van der Waals surface area contributed by atoms with Crippen LogP contribution in [0.25, 0.3) is 22.0 Å². The smallest absolute Gasteiger partial charge is 0.251 e. The van der Waals surface area contributed by atoms with E-state index in [9.17, 15) is 4.79 Å². The lowest BCUT2D eigenvalue weighted by atomic mass is 9.76. The zero-order valence-electron chi connectivity index (χ0n) is 19.6. The SMILES string of the molecule is Cc1nc(-c2cccc(C(=O)NCC3(c4csc(-c5ccc(Cl)cc5)n4)CCN(C)CC3)c2)no1. The Kier molecular flexibility index (Phi) is 6.69. The molecule has 9 heteroatoms. The summed E-state index contributed by atoms with van der Waals surface area (Å²) in [5.41, 5.74) is 3.18. The van der Waals surface area contributed by atoms with Crippen LogP contribution in [0.3, 0.4) is 0 Å². The van der Waals surface area contributed by atoms with E-state index < -0.39 is 0 Å². The van der Waals surface area contributed by atoms with Crippen LogP contribution >= 0.6 is 22.9 Å². The number of likely N-dealkylation sites (tertiary alicyclic amines) is 1. The number of benzene rings is 2. The number of aromatic nitrogens is 3. The number of carbonyl (C=O) groups is 1.